The van der Waals surface area contributed by atoms with Crippen LogP contribution in [0.15, 0.2) is 24.3 Å². The molecule has 4 N–H and O–H groups in total. The minimum Gasteiger partial charge on any atom is -0.387 e. The Labute approximate surface area is 246 Å². The molecule has 40 heavy (non-hydrogen) atoms. The third kappa shape index (κ3) is 25.7. The zero-order chi connectivity index (χ0) is 29.9. The molecule has 0 radical (unpaired) electrons. The molecule has 0 heterocycles. The van der Waals surface area contributed by atoms with Crippen LogP contribution in [-0.2, 0) is 14.9 Å². The van der Waals surface area contributed by atoms with Crippen molar-refractivity contribution in [2.75, 3.05) is 5.75 Å². The van der Waals surface area contributed by atoms with Crippen molar-refractivity contribution >= 4 is 16.0 Å². The van der Waals surface area contributed by atoms with E-state index in [1.54, 1.807) is 6.08 Å². The molecular formula is C32H61NO6S. The summed E-state index contributed by atoms with van der Waals surface area (Å²) in [5, 5.41) is 23.1. The van der Waals surface area contributed by atoms with Gasteiger partial charge in [-0.3, -0.25) is 9.35 Å². The molecule has 0 saturated heterocycles. The number of nitrogens with one attached hydrogen (secondary N) is 1. The minimum atomic E-state index is -4.43. The Morgan fingerprint density at radius 2 is 1.10 bits per heavy atom. The van der Waals surface area contributed by atoms with E-state index in [2.05, 4.69) is 31.3 Å². The maximum absolute atomic E-state index is 12.4. The first-order valence-electron chi connectivity index (χ1n) is 16.1. The van der Waals surface area contributed by atoms with Gasteiger partial charge < -0.3 is 15.5 Å². The van der Waals surface area contributed by atoms with Crippen molar-refractivity contribution in [3.63, 3.8) is 0 Å². The van der Waals surface area contributed by atoms with Crippen molar-refractivity contribution < 1.29 is 28.0 Å². The van der Waals surface area contributed by atoms with E-state index in [0.29, 0.717) is 6.42 Å². The van der Waals surface area contributed by atoms with Crippen molar-refractivity contribution in [3.8, 4) is 0 Å². The fourth-order valence-corrected chi connectivity index (χ4v) is 5.42. The Morgan fingerprint density at radius 3 is 1.57 bits per heavy atom. The summed E-state index contributed by atoms with van der Waals surface area (Å²) >= 11 is 0. The molecule has 8 heteroatoms. The second-order valence-electron chi connectivity index (χ2n) is 11.2. The lowest BCUT2D eigenvalue weighted by Gasteiger charge is -2.22. The summed E-state index contributed by atoms with van der Waals surface area (Å²) in [5.74, 6) is -1.55. The highest BCUT2D eigenvalue weighted by atomic mass is 32.2. The van der Waals surface area contributed by atoms with Gasteiger partial charge >= 0.3 is 0 Å². The summed E-state index contributed by atoms with van der Waals surface area (Å²) in [4.78, 5) is 12.4. The normalized spacial score (nSPS) is 14.6. The minimum absolute atomic E-state index is 0.266. The van der Waals surface area contributed by atoms with Crippen LogP contribution >= 0.6 is 0 Å². The zero-order valence-electron chi connectivity index (χ0n) is 25.6. The van der Waals surface area contributed by atoms with Crippen LogP contribution in [0.2, 0.25) is 0 Å². The fraction of sp³-hybridized carbons (Fsp3) is 0.844. The fourth-order valence-electron chi connectivity index (χ4n) is 4.68. The average Bonchev–Trinajstić information content (AvgIpc) is 2.90. The molecule has 3 unspecified atom stereocenters. The third-order valence-electron chi connectivity index (χ3n) is 7.23. The van der Waals surface area contributed by atoms with Crippen molar-refractivity contribution in [1.29, 1.82) is 0 Å². The largest absolute Gasteiger partial charge is 0.387 e. The summed E-state index contributed by atoms with van der Waals surface area (Å²) in [6, 6.07) is -1.23. The molecule has 0 aliphatic heterocycles. The van der Waals surface area contributed by atoms with E-state index < -0.39 is 40.0 Å². The summed E-state index contributed by atoms with van der Waals surface area (Å²) in [7, 11) is -4.43. The molecule has 3 atom stereocenters. The van der Waals surface area contributed by atoms with Crippen molar-refractivity contribution in [2.45, 2.75) is 167 Å². The van der Waals surface area contributed by atoms with Gasteiger partial charge in [-0.05, 0) is 44.9 Å². The highest BCUT2D eigenvalue weighted by Crippen LogP contribution is 2.12. The van der Waals surface area contributed by atoms with Gasteiger partial charge in [-0.1, -0.05) is 128 Å². The molecule has 236 valence electrons. The molecule has 0 saturated carbocycles. The van der Waals surface area contributed by atoms with E-state index in [9.17, 15) is 28.0 Å². The maximum atomic E-state index is 12.4. The number of allylic oxidation sites excluding steroid dienone is 3. The second kappa shape index (κ2) is 26.7. The molecule has 0 bridgehead atoms. The highest BCUT2D eigenvalue weighted by Gasteiger charge is 2.27. The predicted molar refractivity (Wildman–Crippen MR) is 167 cm³/mol. The van der Waals surface area contributed by atoms with E-state index in [0.717, 1.165) is 51.4 Å². The van der Waals surface area contributed by atoms with Crippen LogP contribution in [0.25, 0.3) is 0 Å². The Kier molecular flexibility index (Phi) is 25.9. The molecule has 0 aromatic rings. The van der Waals surface area contributed by atoms with Gasteiger partial charge in [0.15, 0.2) is 0 Å². The molecule has 7 nitrogen and oxygen atoms in total. The maximum Gasteiger partial charge on any atom is 0.267 e. The van der Waals surface area contributed by atoms with Gasteiger partial charge in [-0.2, -0.15) is 8.42 Å². The Morgan fingerprint density at radius 1 is 0.675 bits per heavy atom. The first-order chi connectivity index (χ1) is 19.2. The van der Waals surface area contributed by atoms with E-state index >= 15 is 0 Å². The molecular weight excluding hydrogens is 526 g/mol. The molecule has 0 aromatic carbocycles. The first kappa shape index (κ1) is 38.8. The van der Waals surface area contributed by atoms with Gasteiger partial charge in [0.25, 0.3) is 10.1 Å². The van der Waals surface area contributed by atoms with Crippen molar-refractivity contribution in [3.05, 3.63) is 24.3 Å². The third-order valence-corrected chi connectivity index (χ3v) is 8.01. The lowest BCUT2D eigenvalue weighted by Crippen LogP contribution is -2.50. The van der Waals surface area contributed by atoms with E-state index in [4.69, 9.17) is 0 Å². The van der Waals surface area contributed by atoms with E-state index in [1.807, 2.05) is 0 Å². The monoisotopic (exact) mass is 587 g/mol. The van der Waals surface area contributed by atoms with Gasteiger partial charge in [-0.25, -0.2) is 0 Å². The lowest BCUT2D eigenvalue weighted by atomic mass is 10.1. The zero-order valence-corrected chi connectivity index (χ0v) is 26.4. The number of hydrogen-bond donors (Lipinski definition) is 4. The number of carbonyl (C=O) groups excluding carboxylic acids is 1. The van der Waals surface area contributed by atoms with Crippen LogP contribution in [0, 0.1) is 0 Å². The van der Waals surface area contributed by atoms with Gasteiger partial charge in [0.2, 0.25) is 5.91 Å². The second-order valence-corrected chi connectivity index (χ2v) is 12.7. The lowest BCUT2D eigenvalue weighted by molar-refractivity contribution is -0.130. The highest BCUT2D eigenvalue weighted by molar-refractivity contribution is 7.85. The van der Waals surface area contributed by atoms with Crippen LogP contribution in [-0.4, -0.2) is 53.1 Å². The first-order valence-corrected chi connectivity index (χ1v) is 17.8. The number of unbranched alkanes of at least 4 members (excludes halogenated alkanes) is 17. The van der Waals surface area contributed by atoms with Crippen LogP contribution in [0.4, 0.5) is 0 Å². The van der Waals surface area contributed by atoms with Gasteiger partial charge in [0.05, 0.1) is 17.9 Å². The number of amides is 1. The quantitative estimate of drug-likeness (QED) is 0.0429. The van der Waals surface area contributed by atoms with Crippen LogP contribution < -0.4 is 5.32 Å². The van der Waals surface area contributed by atoms with Gasteiger partial charge in [0.1, 0.15) is 6.10 Å². The standard InChI is InChI=1S/C32H61NO6S/c1-3-5-7-9-11-13-14-15-16-17-18-19-21-23-25-27-31(35)32(36)33-29(28-40(37,38)39)30(34)26-24-22-20-12-10-8-6-4-2/h16-17,24,26,29-31,34-35H,3-15,18-23,25,27-28H2,1-2H3,(H,33,36)(H,37,38,39)/b17-16-,26-24+. The van der Waals surface area contributed by atoms with E-state index in [1.165, 1.54) is 76.7 Å². The predicted octanol–water partition coefficient (Wildman–Crippen LogP) is 7.43. The summed E-state index contributed by atoms with van der Waals surface area (Å²) in [5.41, 5.74) is 0. The molecule has 1 amide bonds. The summed E-state index contributed by atoms with van der Waals surface area (Å²) < 4.78 is 32.1. The number of aliphatic hydroxyl groups is 2. The van der Waals surface area contributed by atoms with Gasteiger partial charge in [0, 0.05) is 0 Å². The average molecular weight is 588 g/mol. The molecule has 0 fully saturated rings. The Balaban J connectivity index is 4.16. The summed E-state index contributed by atoms with van der Waals surface area (Å²) in [6.45, 7) is 4.41. The number of aliphatic hydroxyl groups excluding tert-OH is 2. The van der Waals surface area contributed by atoms with Crippen molar-refractivity contribution in [1.82, 2.24) is 5.32 Å². The SMILES string of the molecule is CCCCCCCC/C=C/C(O)C(CS(=O)(=O)O)NC(=O)C(O)CCCCCC/C=C\CCCCCCCCC. The van der Waals surface area contributed by atoms with Crippen molar-refractivity contribution in [2.24, 2.45) is 0 Å². The van der Waals surface area contributed by atoms with Crippen LogP contribution in [0.5, 0.6) is 0 Å². The molecule has 0 aromatic heterocycles. The Hall–Kier alpha value is -1.22. The van der Waals surface area contributed by atoms with Gasteiger partial charge in [-0.15, -0.1) is 0 Å². The number of carbonyl (C=O) groups is 1. The molecule has 0 spiro atoms. The summed E-state index contributed by atoms with van der Waals surface area (Å²) in [6.07, 6.45) is 28.2. The Bertz CT molecular complexity index is 753. The van der Waals surface area contributed by atoms with Crippen LogP contribution in [0.3, 0.4) is 0 Å². The van der Waals surface area contributed by atoms with E-state index in [-0.39, 0.29) is 6.42 Å². The molecule has 0 rings (SSSR count). The number of rotatable bonds is 28. The topological polar surface area (TPSA) is 124 Å². The van der Waals surface area contributed by atoms with Crippen LogP contribution in [0.1, 0.15) is 149 Å². The number of hydrogen-bond acceptors (Lipinski definition) is 5. The molecule has 0 aliphatic carbocycles. The smallest absolute Gasteiger partial charge is 0.267 e. The molecule has 0 aliphatic rings.